The van der Waals surface area contributed by atoms with Crippen molar-refractivity contribution in [2.45, 2.75) is 58.7 Å². The minimum Gasteiger partial charge on any atom is -0.359 e. The van der Waals surface area contributed by atoms with Gasteiger partial charge in [0.05, 0.1) is 6.20 Å². The molecule has 0 spiro atoms. The van der Waals surface area contributed by atoms with Gasteiger partial charge < -0.3 is 10.6 Å². The number of nitrogens with one attached hydrogen (secondary N) is 2. The number of hydrogen-bond acceptors (Lipinski definition) is 4. The van der Waals surface area contributed by atoms with Crippen LogP contribution in [0, 0.1) is 5.92 Å². The van der Waals surface area contributed by atoms with E-state index >= 15 is 0 Å². The van der Waals surface area contributed by atoms with Gasteiger partial charge >= 0.3 is 0 Å². The van der Waals surface area contributed by atoms with Crippen molar-refractivity contribution in [3.05, 3.63) is 60.2 Å². The Bertz CT molecular complexity index is 771. The van der Waals surface area contributed by atoms with E-state index in [0.29, 0.717) is 19.1 Å². The van der Waals surface area contributed by atoms with E-state index in [1.54, 1.807) is 0 Å². The lowest BCUT2D eigenvalue weighted by Gasteiger charge is -2.27. The van der Waals surface area contributed by atoms with Gasteiger partial charge in [-0.05, 0) is 17.9 Å². The van der Waals surface area contributed by atoms with Crippen LogP contribution in [0.5, 0.6) is 0 Å². The third kappa shape index (κ3) is 7.33. The summed E-state index contributed by atoms with van der Waals surface area (Å²) in [4.78, 5) is 33.7. The van der Waals surface area contributed by atoms with Crippen molar-refractivity contribution in [1.29, 1.82) is 0 Å². The Balaban J connectivity index is 2.18. The van der Waals surface area contributed by atoms with E-state index in [1.165, 1.54) is 18.6 Å². The second-order valence-corrected chi connectivity index (χ2v) is 7.94. The van der Waals surface area contributed by atoms with Gasteiger partial charge in [0.2, 0.25) is 5.91 Å². The van der Waals surface area contributed by atoms with Crippen molar-refractivity contribution >= 4 is 18.5 Å². The molecule has 0 aliphatic heterocycles. The second-order valence-electron chi connectivity index (χ2n) is 7.94. The molecule has 0 unspecified atom stereocenters. The summed E-state index contributed by atoms with van der Waals surface area (Å²) in [6.07, 6.45) is 6.65. The van der Waals surface area contributed by atoms with Crippen LogP contribution in [0.25, 0.3) is 0 Å². The van der Waals surface area contributed by atoms with Gasteiger partial charge in [0.15, 0.2) is 6.71 Å². The van der Waals surface area contributed by atoms with Crippen LogP contribution in [-0.2, 0) is 11.2 Å². The third-order valence-electron chi connectivity index (χ3n) is 5.08. The van der Waals surface area contributed by atoms with E-state index in [1.807, 2.05) is 30.3 Å². The molecule has 0 saturated carbocycles. The van der Waals surface area contributed by atoms with Gasteiger partial charge in [0.1, 0.15) is 11.7 Å². The minimum absolute atomic E-state index is 0.0687. The number of carbonyl (C=O) groups excluding carboxylic acids is 2. The quantitative estimate of drug-likeness (QED) is 0.607. The number of nitrogens with zero attached hydrogens (tertiary/aromatic N) is 2. The first kappa shape index (κ1) is 22.6. The minimum atomic E-state index is -0.689. The fraction of sp³-hybridized carbons (Fsp3) is 0.455. The molecule has 2 N–H and O–H groups in total. The summed E-state index contributed by atoms with van der Waals surface area (Å²) in [6, 6.07) is 9.00. The Hall–Kier alpha value is -2.70. The van der Waals surface area contributed by atoms with Gasteiger partial charge in [0.25, 0.3) is 5.91 Å². The molecule has 2 atom stereocenters. The molecule has 2 rings (SSSR count). The predicted molar refractivity (Wildman–Crippen MR) is 117 cm³/mol. The smallest absolute Gasteiger partial charge is 0.272 e. The molecule has 0 aliphatic rings. The van der Waals surface area contributed by atoms with Crippen molar-refractivity contribution in [2.75, 3.05) is 0 Å². The predicted octanol–water partition coefficient (Wildman–Crippen LogP) is 3.03. The third-order valence-corrected chi connectivity index (χ3v) is 5.08. The van der Waals surface area contributed by atoms with E-state index in [-0.39, 0.29) is 17.5 Å². The average Bonchev–Trinajstić information content (AvgIpc) is 2.73. The zero-order valence-corrected chi connectivity index (χ0v) is 17.8. The molecule has 2 amide bonds. The monoisotopic (exact) mass is 394 g/mol. The normalized spacial score (nSPS) is 12.9. The maximum absolute atomic E-state index is 13.2. The van der Waals surface area contributed by atoms with Crippen molar-refractivity contribution in [2.24, 2.45) is 5.92 Å². The van der Waals surface area contributed by atoms with Crippen molar-refractivity contribution in [3.63, 3.8) is 0 Å². The maximum Gasteiger partial charge on any atom is 0.272 e. The molecule has 0 saturated heterocycles. The van der Waals surface area contributed by atoms with Crippen LogP contribution < -0.4 is 10.6 Å². The average molecular weight is 394 g/mol. The Morgan fingerprint density at radius 3 is 2.41 bits per heavy atom. The van der Waals surface area contributed by atoms with Crippen molar-refractivity contribution in [3.8, 4) is 0 Å². The molecule has 6 nitrogen and oxygen atoms in total. The van der Waals surface area contributed by atoms with Gasteiger partial charge in [-0.1, -0.05) is 64.2 Å². The van der Waals surface area contributed by atoms with Crippen LogP contribution >= 0.6 is 0 Å². The van der Waals surface area contributed by atoms with Crippen LogP contribution in [0.15, 0.2) is 48.9 Å². The molecule has 29 heavy (non-hydrogen) atoms. The van der Waals surface area contributed by atoms with Gasteiger partial charge in [0, 0.05) is 24.8 Å². The molecular formula is C22H31BN4O2. The van der Waals surface area contributed by atoms with E-state index in [4.69, 9.17) is 0 Å². The molecule has 1 heterocycles. The van der Waals surface area contributed by atoms with Gasteiger partial charge in [-0.25, -0.2) is 4.98 Å². The van der Waals surface area contributed by atoms with E-state index in [0.717, 1.165) is 18.3 Å². The highest BCUT2D eigenvalue weighted by molar-refractivity contribution is 6.59. The van der Waals surface area contributed by atoms with Gasteiger partial charge in [-0.3, -0.25) is 14.6 Å². The number of aromatic nitrogens is 2. The lowest BCUT2D eigenvalue weighted by atomic mass is 9.43. The summed E-state index contributed by atoms with van der Waals surface area (Å²) in [7, 11) is 0. The molecule has 0 radical (unpaired) electrons. The highest BCUT2D eigenvalue weighted by atomic mass is 16.2. The Kier molecular flexibility index (Phi) is 8.84. The number of amides is 2. The topological polar surface area (TPSA) is 84.0 Å². The highest BCUT2D eigenvalue weighted by Crippen LogP contribution is 2.12. The number of rotatable bonds is 10. The first-order chi connectivity index (χ1) is 13.9. The summed E-state index contributed by atoms with van der Waals surface area (Å²) in [6.45, 7) is 8.94. The van der Waals surface area contributed by atoms with Crippen LogP contribution in [-0.4, -0.2) is 40.5 Å². The van der Waals surface area contributed by atoms with Gasteiger partial charge in [-0.15, -0.1) is 0 Å². The van der Waals surface area contributed by atoms with Crippen LogP contribution in [0.4, 0.5) is 0 Å². The maximum atomic E-state index is 13.2. The molecule has 0 fully saturated rings. The summed E-state index contributed by atoms with van der Waals surface area (Å²) < 4.78 is 0. The summed E-state index contributed by atoms with van der Waals surface area (Å²) in [5.41, 5.74) is 1.18. The number of hydrogen-bond donors (Lipinski definition) is 2. The second kappa shape index (κ2) is 11.3. The fourth-order valence-electron chi connectivity index (χ4n) is 3.22. The van der Waals surface area contributed by atoms with Crippen molar-refractivity contribution in [1.82, 2.24) is 20.6 Å². The fourth-order valence-corrected chi connectivity index (χ4v) is 3.22. The molecule has 7 heteroatoms. The van der Waals surface area contributed by atoms with E-state index in [9.17, 15) is 9.59 Å². The van der Waals surface area contributed by atoms with Crippen LogP contribution in [0.1, 0.15) is 43.2 Å². The zero-order chi connectivity index (χ0) is 21.2. The lowest BCUT2D eigenvalue weighted by molar-refractivity contribution is -0.123. The Labute approximate surface area is 174 Å². The first-order valence-electron chi connectivity index (χ1n) is 10.3. The Morgan fingerprint density at radius 1 is 1.10 bits per heavy atom. The van der Waals surface area contributed by atoms with E-state index in [2.05, 4.69) is 48.2 Å². The Morgan fingerprint density at radius 2 is 1.83 bits per heavy atom. The SMILES string of the molecule is CCB(C)[C@H](CC(C)C)NC(=O)[C@H](Cc1ccccc1)NC(=O)c1cnccn1. The molecule has 1 aromatic carbocycles. The van der Waals surface area contributed by atoms with Crippen LogP contribution in [0.3, 0.4) is 0 Å². The standard InChI is InChI=1S/C22H31BN4O2/c1-5-23(4)20(13-16(2)3)27-21(28)18(14-17-9-7-6-8-10-17)26-22(29)19-15-24-11-12-25-19/h6-12,15-16,18,20H,5,13-14H2,1-4H3,(H,26,29)(H,27,28)/t18-,20-/m0/s1. The molecule has 1 aromatic heterocycles. The number of carbonyl (C=O) groups is 2. The van der Waals surface area contributed by atoms with Gasteiger partial charge in [-0.2, -0.15) is 0 Å². The lowest BCUT2D eigenvalue weighted by Crippen LogP contribution is -2.54. The highest BCUT2D eigenvalue weighted by Gasteiger charge is 2.28. The largest absolute Gasteiger partial charge is 0.359 e. The summed E-state index contributed by atoms with van der Waals surface area (Å²) >= 11 is 0. The zero-order valence-electron chi connectivity index (χ0n) is 17.8. The molecule has 0 aliphatic carbocycles. The molecule has 2 aromatic rings. The molecule has 0 bridgehead atoms. The summed E-state index contributed by atoms with van der Waals surface area (Å²) in [5, 5.41) is 6.03. The summed E-state index contributed by atoms with van der Waals surface area (Å²) in [5.74, 6) is -0.0366. The van der Waals surface area contributed by atoms with E-state index < -0.39 is 11.9 Å². The van der Waals surface area contributed by atoms with Crippen LogP contribution in [0.2, 0.25) is 13.1 Å². The first-order valence-corrected chi connectivity index (χ1v) is 10.3. The van der Waals surface area contributed by atoms with Crippen molar-refractivity contribution < 1.29 is 9.59 Å². The molecule has 154 valence electrons. The number of benzene rings is 1. The molecular weight excluding hydrogens is 363 g/mol.